The number of halogens is 1. The van der Waals surface area contributed by atoms with Crippen molar-refractivity contribution in [3.8, 4) is 0 Å². The predicted octanol–water partition coefficient (Wildman–Crippen LogP) is 3.66. The zero-order valence-corrected chi connectivity index (χ0v) is 16.8. The Balaban J connectivity index is 1.47. The number of carbonyl (C=O) groups is 2. The van der Waals surface area contributed by atoms with Crippen LogP contribution in [-0.2, 0) is 16.1 Å². The van der Waals surface area contributed by atoms with Crippen LogP contribution < -0.4 is 10.2 Å². The largest absolute Gasteiger partial charge is 0.352 e. The summed E-state index contributed by atoms with van der Waals surface area (Å²) in [5.41, 5.74) is 1.33. The lowest BCUT2D eigenvalue weighted by Crippen LogP contribution is -2.44. The molecule has 2 aromatic carbocycles. The SMILES string of the molecule is O=C(CN(C(=O)CCn1ncc2ccccc21)c1cccc(F)c1)NC1CCCC1. The minimum absolute atomic E-state index is 0.126. The standard InChI is InChI=1S/C23H25FN4O2/c24-18-7-5-10-20(14-18)27(16-22(29)26-19-8-2-3-9-19)23(30)12-13-28-21-11-4-1-6-17(21)15-25-28/h1,4-7,10-11,14-15,19H,2-3,8-9,12-13,16H2,(H,26,29). The van der Waals surface area contributed by atoms with Gasteiger partial charge >= 0.3 is 0 Å². The molecule has 1 heterocycles. The van der Waals surface area contributed by atoms with Crippen molar-refractivity contribution in [1.29, 1.82) is 0 Å². The number of nitrogens with zero attached hydrogens (tertiary/aromatic N) is 3. The van der Waals surface area contributed by atoms with Gasteiger partial charge in [0.1, 0.15) is 12.4 Å². The molecule has 7 heteroatoms. The van der Waals surface area contributed by atoms with E-state index in [4.69, 9.17) is 0 Å². The molecule has 0 bridgehead atoms. The maximum Gasteiger partial charge on any atom is 0.240 e. The van der Waals surface area contributed by atoms with Crippen LogP contribution in [0.25, 0.3) is 10.9 Å². The van der Waals surface area contributed by atoms with Gasteiger partial charge in [-0.3, -0.25) is 14.3 Å². The highest BCUT2D eigenvalue weighted by Crippen LogP contribution is 2.20. The van der Waals surface area contributed by atoms with E-state index in [-0.39, 0.29) is 30.8 Å². The molecule has 0 spiro atoms. The molecule has 0 unspecified atom stereocenters. The van der Waals surface area contributed by atoms with Crippen LogP contribution in [0.1, 0.15) is 32.1 Å². The van der Waals surface area contributed by atoms with Crippen molar-refractivity contribution < 1.29 is 14.0 Å². The Kier molecular flexibility index (Phi) is 6.07. The van der Waals surface area contributed by atoms with Crippen LogP contribution in [0.4, 0.5) is 10.1 Å². The van der Waals surface area contributed by atoms with E-state index in [2.05, 4.69) is 10.4 Å². The number of hydrogen-bond acceptors (Lipinski definition) is 3. The first-order valence-electron chi connectivity index (χ1n) is 10.4. The highest BCUT2D eigenvalue weighted by molar-refractivity contribution is 5.98. The molecule has 0 saturated heterocycles. The number of benzene rings is 2. The predicted molar refractivity (Wildman–Crippen MR) is 114 cm³/mol. The lowest BCUT2D eigenvalue weighted by Gasteiger charge is -2.23. The van der Waals surface area contributed by atoms with Gasteiger partial charge in [-0.15, -0.1) is 0 Å². The van der Waals surface area contributed by atoms with Gasteiger partial charge in [-0.05, 0) is 37.1 Å². The van der Waals surface area contributed by atoms with E-state index in [1.807, 2.05) is 24.3 Å². The highest BCUT2D eigenvalue weighted by Gasteiger charge is 2.23. The van der Waals surface area contributed by atoms with Gasteiger partial charge in [-0.2, -0.15) is 5.10 Å². The molecule has 0 atom stereocenters. The summed E-state index contributed by atoms with van der Waals surface area (Å²) in [5, 5.41) is 8.35. The van der Waals surface area contributed by atoms with Crippen LogP contribution in [0.15, 0.2) is 54.7 Å². The molecule has 6 nitrogen and oxygen atoms in total. The molecule has 30 heavy (non-hydrogen) atoms. The molecule has 1 N–H and O–H groups in total. The van der Waals surface area contributed by atoms with E-state index in [1.54, 1.807) is 23.0 Å². The summed E-state index contributed by atoms with van der Waals surface area (Å²) in [6.45, 7) is 0.251. The van der Waals surface area contributed by atoms with Crippen molar-refractivity contribution >= 4 is 28.4 Å². The van der Waals surface area contributed by atoms with Crippen molar-refractivity contribution in [3.05, 3.63) is 60.5 Å². The number of para-hydroxylation sites is 1. The quantitative estimate of drug-likeness (QED) is 0.649. The molecule has 0 radical (unpaired) electrons. The summed E-state index contributed by atoms with van der Waals surface area (Å²) in [4.78, 5) is 27.0. The topological polar surface area (TPSA) is 67.2 Å². The first-order chi connectivity index (χ1) is 14.6. The lowest BCUT2D eigenvalue weighted by molar-refractivity contribution is -0.124. The Morgan fingerprint density at radius 1 is 1.13 bits per heavy atom. The Hall–Kier alpha value is -3.22. The number of aryl methyl sites for hydroxylation is 1. The van der Waals surface area contributed by atoms with Crippen molar-refractivity contribution in [2.45, 2.75) is 44.7 Å². The average Bonchev–Trinajstić information content (AvgIpc) is 3.40. The monoisotopic (exact) mass is 408 g/mol. The van der Waals surface area contributed by atoms with Crippen LogP contribution in [0.2, 0.25) is 0 Å². The number of fused-ring (bicyclic) bond motifs is 1. The molecule has 3 aromatic rings. The number of aromatic nitrogens is 2. The fraction of sp³-hybridized carbons (Fsp3) is 0.348. The van der Waals surface area contributed by atoms with E-state index < -0.39 is 5.82 Å². The molecular weight excluding hydrogens is 383 g/mol. The van der Waals surface area contributed by atoms with Gasteiger partial charge in [-0.25, -0.2) is 4.39 Å². The van der Waals surface area contributed by atoms with Gasteiger partial charge in [0, 0.05) is 23.5 Å². The summed E-state index contributed by atoms with van der Waals surface area (Å²) in [7, 11) is 0. The van der Waals surface area contributed by atoms with Gasteiger partial charge < -0.3 is 10.2 Å². The molecule has 1 fully saturated rings. The Morgan fingerprint density at radius 3 is 2.73 bits per heavy atom. The molecule has 4 rings (SSSR count). The number of nitrogens with one attached hydrogen (secondary N) is 1. The van der Waals surface area contributed by atoms with E-state index in [9.17, 15) is 14.0 Å². The molecule has 1 aliphatic carbocycles. The minimum atomic E-state index is -0.445. The normalized spacial score (nSPS) is 14.2. The van der Waals surface area contributed by atoms with Gasteiger partial charge in [0.2, 0.25) is 11.8 Å². The van der Waals surface area contributed by atoms with Crippen molar-refractivity contribution in [2.75, 3.05) is 11.4 Å². The Morgan fingerprint density at radius 2 is 1.93 bits per heavy atom. The molecule has 1 aromatic heterocycles. The number of rotatable bonds is 7. The van der Waals surface area contributed by atoms with Gasteiger partial charge in [0.15, 0.2) is 0 Å². The summed E-state index contributed by atoms with van der Waals surface area (Å²) in [6.07, 6.45) is 6.06. The summed E-state index contributed by atoms with van der Waals surface area (Å²) < 4.78 is 15.6. The molecule has 2 amide bonds. The minimum Gasteiger partial charge on any atom is -0.352 e. The maximum absolute atomic E-state index is 13.8. The maximum atomic E-state index is 13.8. The summed E-state index contributed by atoms with van der Waals surface area (Å²) >= 11 is 0. The molecule has 0 aliphatic heterocycles. The average molecular weight is 408 g/mol. The number of anilines is 1. The first-order valence-corrected chi connectivity index (χ1v) is 10.4. The third kappa shape index (κ3) is 4.67. The summed E-state index contributed by atoms with van der Waals surface area (Å²) in [5.74, 6) is -0.912. The van der Waals surface area contributed by atoms with Crippen molar-refractivity contribution in [2.24, 2.45) is 0 Å². The lowest BCUT2D eigenvalue weighted by atomic mass is 10.2. The fourth-order valence-electron chi connectivity index (χ4n) is 4.00. The van der Waals surface area contributed by atoms with Crippen LogP contribution >= 0.6 is 0 Å². The van der Waals surface area contributed by atoms with Gasteiger partial charge in [-0.1, -0.05) is 37.1 Å². The zero-order chi connectivity index (χ0) is 20.9. The van der Waals surface area contributed by atoms with Gasteiger partial charge in [0.05, 0.1) is 18.3 Å². The van der Waals surface area contributed by atoms with Crippen LogP contribution in [0.5, 0.6) is 0 Å². The zero-order valence-electron chi connectivity index (χ0n) is 16.8. The van der Waals surface area contributed by atoms with Crippen molar-refractivity contribution in [1.82, 2.24) is 15.1 Å². The van der Waals surface area contributed by atoms with E-state index in [0.29, 0.717) is 12.2 Å². The Bertz CT molecular complexity index is 1040. The second kappa shape index (κ2) is 9.07. The molecule has 1 saturated carbocycles. The molecule has 156 valence electrons. The first kappa shape index (κ1) is 20.1. The van der Waals surface area contributed by atoms with Gasteiger partial charge in [0.25, 0.3) is 0 Å². The number of amides is 2. The Labute approximate surface area is 174 Å². The third-order valence-corrected chi connectivity index (χ3v) is 5.53. The van der Waals surface area contributed by atoms with Crippen LogP contribution in [0.3, 0.4) is 0 Å². The van der Waals surface area contributed by atoms with E-state index in [0.717, 1.165) is 36.6 Å². The smallest absolute Gasteiger partial charge is 0.240 e. The fourth-order valence-corrected chi connectivity index (χ4v) is 4.00. The molecule has 1 aliphatic rings. The molecular formula is C23H25FN4O2. The van der Waals surface area contributed by atoms with E-state index >= 15 is 0 Å². The number of hydrogen-bond donors (Lipinski definition) is 1. The third-order valence-electron chi connectivity index (χ3n) is 5.53. The van der Waals surface area contributed by atoms with Crippen molar-refractivity contribution in [3.63, 3.8) is 0 Å². The number of carbonyl (C=O) groups excluding carboxylic acids is 2. The second-order valence-electron chi connectivity index (χ2n) is 7.69. The van der Waals surface area contributed by atoms with Crippen LogP contribution in [0, 0.1) is 5.82 Å². The highest BCUT2D eigenvalue weighted by atomic mass is 19.1. The summed E-state index contributed by atoms with van der Waals surface area (Å²) in [6, 6.07) is 13.7. The van der Waals surface area contributed by atoms with E-state index in [1.165, 1.54) is 17.0 Å². The van der Waals surface area contributed by atoms with Crippen LogP contribution in [-0.4, -0.2) is 34.2 Å². The second-order valence-corrected chi connectivity index (χ2v) is 7.69.